The molecular formula is C16H15NO. The van der Waals surface area contributed by atoms with E-state index in [-0.39, 0.29) is 5.78 Å². The summed E-state index contributed by atoms with van der Waals surface area (Å²) in [4.78, 5) is 12.3. The number of rotatable bonds is 1. The van der Waals surface area contributed by atoms with Crippen molar-refractivity contribution in [1.82, 2.24) is 4.57 Å². The van der Waals surface area contributed by atoms with Crippen molar-refractivity contribution in [2.24, 2.45) is 0 Å². The van der Waals surface area contributed by atoms with Gasteiger partial charge in [-0.25, -0.2) is 0 Å². The Morgan fingerprint density at radius 1 is 1.00 bits per heavy atom. The van der Waals surface area contributed by atoms with Crippen molar-refractivity contribution in [1.29, 1.82) is 0 Å². The van der Waals surface area contributed by atoms with Crippen LogP contribution in [0.3, 0.4) is 0 Å². The monoisotopic (exact) mass is 237 g/mol. The van der Waals surface area contributed by atoms with Gasteiger partial charge in [0.25, 0.3) is 0 Å². The molecule has 2 heteroatoms. The number of allylic oxidation sites excluding steroid dienone is 2. The van der Waals surface area contributed by atoms with Crippen LogP contribution in [0, 0.1) is 6.92 Å². The molecule has 0 bridgehead atoms. The van der Waals surface area contributed by atoms with E-state index in [1.807, 2.05) is 51.1 Å². The summed E-state index contributed by atoms with van der Waals surface area (Å²) in [6.45, 7) is 5.95. The van der Waals surface area contributed by atoms with Crippen LogP contribution in [-0.2, 0) is 0 Å². The zero-order chi connectivity index (χ0) is 12.9. The van der Waals surface area contributed by atoms with Crippen LogP contribution in [0.2, 0.25) is 0 Å². The quantitative estimate of drug-likeness (QED) is 0.737. The Bertz CT molecular complexity index is 675. The minimum atomic E-state index is 0.152. The molecule has 0 saturated heterocycles. The van der Waals surface area contributed by atoms with Gasteiger partial charge in [0.2, 0.25) is 5.78 Å². The van der Waals surface area contributed by atoms with E-state index < -0.39 is 0 Å². The Morgan fingerprint density at radius 3 is 2.33 bits per heavy atom. The van der Waals surface area contributed by atoms with E-state index in [1.54, 1.807) is 0 Å². The topological polar surface area (TPSA) is 22.0 Å². The number of carbonyl (C=O) groups is 1. The number of aromatic nitrogens is 1. The lowest BCUT2D eigenvalue weighted by Gasteiger charge is -2.03. The SMILES string of the molecule is CC1=C(C)n2c(C)cc(-c3ccccc3)c2C1=O. The highest BCUT2D eigenvalue weighted by Gasteiger charge is 2.29. The zero-order valence-corrected chi connectivity index (χ0v) is 10.8. The molecule has 0 spiro atoms. The number of benzene rings is 1. The average Bonchev–Trinajstić information content (AvgIpc) is 2.84. The summed E-state index contributed by atoms with van der Waals surface area (Å²) in [5.41, 5.74) is 5.97. The van der Waals surface area contributed by atoms with Gasteiger partial charge in [0.1, 0.15) is 5.69 Å². The molecule has 1 aliphatic heterocycles. The standard InChI is InChI=1S/C16H15NO/c1-10-9-14(13-7-5-4-6-8-13)15-16(18)11(2)12(3)17(10)15/h4-9H,1-3H3. The Morgan fingerprint density at radius 2 is 1.67 bits per heavy atom. The number of ketones is 1. The zero-order valence-electron chi connectivity index (χ0n) is 10.8. The predicted octanol–water partition coefficient (Wildman–Crippen LogP) is 3.91. The van der Waals surface area contributed by atoms with Crippen LogP contribution in [0.1, 0.15) is 30.0 Å². The third kappa shape index (κ3) is 1.32. The lowest BCUT2D eigenvalue weighted by atomic mass is 10.0. The number of aryl methyl sites for hydroxylation is 1. The molecule has 2 aromatic rings. The highest BCUT2D eigenvalue weighted by atomic mass is 16.1. The summed E-state index contributed by atoms with van der Waals surface area (Å²) in [7, 11) is 0. The third-order valence-electron chi connectivity index (χ3n) is 3.70. The molecule has 18 heavy (non-hydrogen) atoms. The summed E-state index contributed by atoms with van der Waals surface area (Å²) in [5.74, 6) is 0.152. The summed E-state index contributed by atoms with van der Waals surface area (Å²) in [6, 6.07) is 12.2. The molecule has 0 saturated carbocycles. The predicted molar refractivity (Wildman–Crippen MR) is 73.5 cm³/mol. The van der Waals surface area contributed by atoms with E-state index in [4.69, 9.17) is 0 Å². The van der Waals surface area contributed by atoms with Crippen LogP contribution in [-0.4, -0.2) is 10.4 Å². The van der Waals surface area contributed by atoms with Gasteiger partial charge in [0, 0.05) is 22.5 Å². The first kappa shape index (κ1) is 11.0. The van der Waals surface area contributed by atoms with Crippen molar-refractivity contribution in [3.63, 3.8) is 0 Å². The highest BCUT2D eigenvalue weighted by Crippen LogP contribution is 2.36. The van der Waals surface area contributed by atoms with Gasteiger partial charge in [-0.3, -0.25) is 4.79 Å². The van der Waals surface area contributed by atoms with Crippen LogP contribution < -0.4 is 0 Å². The molecule has 0 amide bonds. The fraction of sp³-hybridized carbons (Fsp3) is 0.188. The Labute approximate surface area is 107 Å². The number of Topliss-reactive ketones (excluding diaryl/α,β-unsaturated/α-hetero) is 1. The van der Waals surface area contributed by atoms with Crippen molar-refractivity contribution in [3.8, 4) is 11.1 Å². The fourth-order valence-electron chi connectivity index (χ4n) is 2.64. The van der Waals surface area contributed by atoms with E-state index in [0.717, 1.165) is 33.8 Å². The minimum Gasteiger partial charge on any atom is -0.314 e. The summed E-state index contributed by atoms with van der Waals surface area (Å²) < 4.78 is 2.07. The Kier molecular flexibility index (Phi) is 2.27. The van der Waals surface area contributed by atoms with Crippen molar-refractivity contribution in [2.45, 2.75) is 20.8 Å². The molecule has 0 radical (unpaired) electrons. The first-order valence-electron chi connectivity index (χ1n) is 6.11. The van der Waals surface area contributed by atoms with Crippen LogP contribution in [0.4, 0.5) is 0 Å². The van der Waals surface area contributed by atoms with Crippen LogP contribution in [0.5, 0.6) is 0 Å². The molecule has 0 atom stereocenters. The number of fused-ring (bicyclic) bond motifs is 1. The molecule has 2 heterocycles. The van der Waals surface area contributed by atoms with Crippen molar-refractivity contribution in [2.75, 3.05) is 0 Å². The Balaban J connectivity index is 2.28. The number of carbonyl (C=O) groups excluding carboxylic acids is 1. The molecule has 0 N–H and O–H groups in total. The van der Waals surface area contributed by atoms with Gasteiger partial charge in [-0.05, 0) is 32.4 Å². The van der Waals surface area contributed by atoms with Crippen LogP contribution >= 0.6 is 0 Å². The molecule has 0 fully saturated rings. The van der Waals surface area contributed by atoms with Gasteiger partial charge in [-0.2, -0.15) is 0 Å². The first-order valence-corrected chi connectivity index (χ1v) is 6.11. The summed E-state index contributed by atoms with van der Waals surface area (Å²) >= 11 is 0. The van der Waals surface area contributed by atoms with Crippen molar-refractivity contribution >= 4 is 11.5 Å². The second kappa shape index (κ2) is 3.70. The molecular weight excluding hydrogens is 222 g/mol. The lowest BCUT2D eigenvalue weighted by Crippen LogP contribution is -1.99. The van der Waals surface area contributed by atoms with E-state index in [1.165, 1.54) is 0 Å². The second-order valence-corrected chi connectivity index (χ2v) is 4.79. The number of hydrogen-bond acceptors (Lipinski definition) is 1. The largest absolute Gasteiger partial charge is 0.314 e. The summed E-state index contributed by atoms with van der Waals surface area (Å²) in [6.07, 6.45) is 0. The molecule has 90 valence electrons. The highest BCUT2D eigenvalue weighted by molar-refractivity contribution is 6.18. The van der Waals surface area contributed by atoms with E-state index in [9.17, 15) is 4.79 Å². The normalized spacial score (nSPS) is 14.3. The lowest BCUT2D eigenvalue weighted by molar-refractivity contribution is 0.103. The Hall–Kier alpha value is -2.09. The van der Waals surface area contributed by atoms with Gasteiger partial charge in [-0.1, -0.05) is 30.3 Å². The maximum absolute atomic E-state index is 12.3. The first-order chi connectivity index (χ1) is 8.61. The molecule has 2 nitrogen and oxygen atoms in total. The van der Waals surface area contributed by atoms with Gasteiger partial charge < -0.3 is 4.57 Å². The van der Waals surface area contributed by atoms with Crippen LogP contribution in [0.25, 0.3) is 16.8 Å². The third-order valence-corrected chi connectivity index (χ3v) is 3.70. The molecule has 1 aromatic carbocycles. The molecule has 0 unspecified atom stereocenters. The second-order valence-electron chi connectivity index (χ2n) is 4.79. The van der Waals surface area contributed by atoms with Gasteiger partial charge in [-0.15, -0.1) is 0 Å². The molecule has 3 rings (SSSR count). The number of hydrogen-bond donors (Lipinski definition) is 0. The molecule has 0 aliphatic carbocycles. The smallest absolute Gasteiger partial charge is 0.207 e. The summed E-state index contributed by atoms with van der Waals surface area (Å²) in [5, 5.41) is 0. The maximum atomic E-state index is 12.3. The van der Waals surface area contributed by atoms with Gasteiger partial charge in [0.15, 0.2) is 0 Å². The fourth-order valence-corrected chi connectivity index (χ4v) is 2.64. The van der Waals surface area contributed by atoms with Gasteiger partial charge in [0.05, 0.1) is 0 Å². The average molecular weight is 237 g/mol. The van der Waals surface area contributed by atoms with E-state index in [0.29, 0.717) is 0 Å². The van der Waals surface area contributed by atoms with Crippen molar-refractivity contribution in [3.05, 3.63) is 53.4 Å². The molecule has 1 aliphatic rings. The molecule has 1 aromatic heterocycles. The van der Waals surface area contributed by atoms with Crippen LogP contribution in [0.15, 0.2) is 42.0 Å². The maximum Gasteiger partial charge on any atom is 0.207 e. The minimum absolute atomic E-state index is 0.152. The number of nitrogens with zero attached hydrogens (tertiary/aromatic N) is 1. The van der Waals surface area contributed by atoms with E-state index >= 15 is 0 Å². The van der Waals surface area contributed by atoms with Crippen molar-refractivity contribution < 1.29 is 4.79 Å². The van der Waals surface area contributed by atoms with Gasteiger partial charge >= 0.3 is 0 Å². The van der Waals surface area contributed by atoms with E-state index in [2.05, 4.69) is 10.6 Å².